The van der Waals surface area contributed by atoms with E-state index in [0.717, 1.165) is 16.9 Å². The van der Waals surface area contributed by atoms with Gasteiger partial charge in [-0.25, -0.2) is 9.78 Å². The van der Waals surface area contributed by atoms with E-state index in [1.165, 1.54) is 12.3 Å². The summed E-state index contributed by atoms with van der Waals surface area (Å²) in [5.74, 6) is -1.02. The quantitative estimate of drug-likeness (QED) is 0.860. The van der Waals surface area contributed by atoms with E-state index in [4.69, 9.17) is 5.11 Å². The summed E-state index contributed by atoms with van der Waals surface area (Å²) < 4.78 is 0. The number of nitrogens with zero attached hydrogens (tertiary/aromatic N) is 2. The molecule has 0 aliphatic carbocycles. The predicted molar refractivity (Wildman–Crippen MR) is 67.5 cm³/mol. The van der Waals surface area contributed by atoms with Crippen molar-refractivity contribution in [3.8, 4) is 0 Å². The maximum Gasteiger partial charge on any atom is 0.354 e. The smallest absolute Gasteiger partial charge is 0.354 e. The molecule has 0 aromatic carbocycles. The molecule has 5 nitrogen and oxygen atoms in total. The average Bonchev–Trinajstić information content (AvgIpc) is 2.38. The summed E-state index contributed by atoms with van der Waals surface area (Å²) in [6.45, 7) is 2.56. The van der Waals surface area contributed by atoms with Gasteiger partial charge in [0.15, 0.2) is 0 Å². The van der Waals surface area contributed by atoms with E-state index >= 15 is 0 Å². The van der Waals surface area contributed by atoms with Gasteiger partial charge in [-0.3, -0.25) is 4.98 Å². The lowest BCUT2D eigenvalue weighted by molar-refractivity contribution is 0.0690. The first-order valence-electron chi connectivity index (χ1n) is 5.50. The Bertz CT molecular complexity index is 535. The lowest BCUT2D eigenvalue weighted by Crippen LogP contribution is -2.03. The lowest BCUT2D eigenvalue weighted by Gasteiger charge is -2.06. The fourth-order valence-electron chi connectivity index (χ4n) is 1.43. The van der Waals surface area contributed by atoms with Crippen molar-refractivity contribution in [2.45, 2.75) is 13.5 Å². The van der Waals surface area contributed by atoms with Crippen LogP contribution in [0.25, 0.3) is 0 Å². The number of aromatic nitrogens is 2. The molecule has 0 aliphatic rings. The summed E-state index contributed by atoms with van der Waals surface area (Å²) in [6, 6.07) is 7.10. The molecule has 0 spiro atoms. The number of aryl methyl sites for hydroxylation is 1. The molecule has 0 bridgehead atoms. The number of hydrogen-bond donors (Lipinski definition) is 2. The van der Waals surface area contributed by atoms with E-state index in [9.17, 15) is 4.79 Å². The number of carboxylic acids is 1. The van der Waals surface area contributed by atoms with Gasteiger partial charge in [0.25, 0.3) is 0 Å². The molecule has 0 radical (unpaired) electrons. The minimum Gasteiger partial charge on any atom is -0.477 e. The highest BCUT2D eigenvalue weighted by Gasteiger charge is 2.03. The molecule has 2 aromatic heterocycles. The first-order valence-corrected chi connectivity index (χ1v) is 5.50. The number of nitrogens with one attached hydrogen (secondary N) is 1. The largest absolute Gasteiger partial charge is 0.477 e. The topological polar surface area (TPSA) is 75.1 Å². The Hall–Kier alpha value is -2.43. The molecule has 92 valence electrons. The summed E-state index contributed by atoms with van der Waals surface area (Å²) in [4.78, 5) is 18.7. The van der Waals surface area contributed by atoms with Crippen LogP contribution in [0, 0.1) is 6.92 Å². The van der Waals surface area contributed by atoms with E-state index in [2.05, 4.69) is 15.3 Å². The molecule has 18 heavy (non-hydrogen) atoms. The third-order valence-corrected chi connectivity index (χ3v) is 2.45. The highest BCUT2D eigenvalue weighted by molar-refractivity contribution is 5.85. The van der Waals surface area contributed by atoms with Crippen molar-refractivity contribution in [1.29, 1.82) is 0 Å². The van der Waals surface area contributed by atoms with Crippen LogP contribution in [0.15, 0.2) is 36.7 Å². The van der Waals surface area contributed by atoms with Gasteiger partial charge in [0.2, 0.25) is 0 Å². The van der Waals surface area contributed by atoms with E-state index in [1.54, 1.807) is 12.3 Å². The molecule has 0 atom stereocenters. The Kier molecular flexibility index (Phi) is 3.52. The Morgan fingerprint density at radius 2 is 2.06 bits per heavy atom. The first kappa shape index (κ1) is 12.0. The SMILES string of the molecule is Cc1ccc(CNc2ccc(C(=O)O)nc2)cn1. The minimum atomic E-state index is -1.02. The Labute approximate surface area is 105 Å². The second kappa shape index (κ2) is 5.27. The summed E-state index contributed by atoms with van der Waals surface area (Å²) in [6.07, 6.45) is 3.31. The van der Waals surface area contributed by atoms with Gasteiger partial charge in [0.05, 0.1) is 11.9 Å². The van der Waals surface area contributed by atoms with E-state index in [1.807, 2.05) is 19.1 Å². The predicted octanol–water partition coefficient (Wildman–Crippen LogP) is 2.10. The maximum absolute atomic E-state index is 10.6. The zero-order chi connectivity index (χ0) is 13.0. The highest BCUT2D eigenvalue weighted by atomic mass is 16.4. The van der Waals surface area contributed by atoms with Crippen molar-refractivity contribution in [2.24, 2.45) is 0 Å². The number of pyridine rings is 2. The molecule has 2 heterocycles. The second-order valence-electron chi connectivity index (χ2n) is 3.90. The van der Waals surface area contributed by atoms with Crippen molar-refractivity contribution in [2.75, 3.05) is 5.32 Å². The normalized spacial score (nSPS) is 10.1. The van der Waals surface area contributed by atoms with Crippen molar-refractivity contribution < 1.29 is 9.90 Å². The number of carbonyl (C=O) groups is 1. The van der Waals surface area contributed by atoms with Gasteiger partial charge in [-0.05, 0) is 30.7 Å². The van der Waals surface area contributed by atoms with Gasteiger partial charge < -0.3 is 10.4 Å². The van der Waals surface area contributed by atoms with Gasteiger partial charge in [-0.2, -0.15) is 0 Å². The molecule has 2 N–H and O–H groups in total. The molecular weight excluding hydrogens is 230 g/mol. The third-order valence-electron chi connectivity index (χ3n) is 2.45. The highest BCUT2D eigenvalue weighted by Crippen LogP contribution is 2.08. The summed E-state index contributed by atoms with van der Waals surface area (Å²) in [5, 5.41) is 11.9. The molecule has 0 unspecified atom stereocenters. The number of hydrogen-bond acceptors (Lipinski definition) is 4. The third kappa shape index (κ3) is 3.04. The van der Waals surface area contributed by atoms with Crippen LogP contribution in [-0.2, 0) is 6.54 Å². The summed E-state index contributed by atoms with van der Waals surface area (Å²) in [5.41, 5.74) is 2.85. The van der Waals surface area contributed by atoms with Gasteiger partial charge in [-0.15, -0.1) is 0 Å². The molecule has 2 aromatic rings. The molecule has 2 rings (SSSR count). The molecule has 5 heteroatoms. The van der Waals surface area contributed by atoms with Gasteiger partial charge in [-0.1, -0.05) is 6.07 Å². The van der Waals surface area contributed by atoms with Crippen molar-refractivity contribution >= 4 is 11.7 Å². The van der Waals surface area contributed by atoms with Crippen LogP contribution >= 0.6 is 0 Å². The van der Waals surface area contributed by atoms with Gasteiger partial charge in [0, 0.05) is 18.4 Å². The van der Waals surface area contributed by atoms with E-state index < -0.39 is 5.97 Å². The number of rotatable bonds is 4. The average molecular weight is 243 g/mol. The number of anilines is 1. The molecule has 0 saturated heterocycles. The fourth-order valence-corrected chi connectivity index (χ4v) is 1.43. The van der Waals surface area contributed by atoms with Crippen LogP contribution in [-0.4, -0.2) is 21.0 Å². The molecule has 0 saturated carbocycles. The van der Waals surface area contributed by atoms with E-state index in [0.29, 0.717) is 6.54 Å². The van der Waals surface area contributed by atoms with E-state index in [-0.39, 0.29) is 5.69 Å². The molecule has 0 aliphatic heterocycles. The standard InChI is InChI=1S/C13H13N3O2/c1-9-2-3-10(6-14-9)7-15-11-4-5-12(13(17)18)16-8-11/h2-6,8,15H,7H2,1H3,(H,17,18). The van der Waals surface area contributed by atoms with Crippen LogP contribution in [0.4, 0.5) is 5.69 Å². The minimum absolute atomic E-state index is 0.0394. The lowest BCUT2D eigenvalue weighted by atomic mass is 10.2. The van der Waals surface area contributed by atoms with Crippen molar-refractivity contribution in [3.63, 3.8) is 0 Å². The molecule has 0 fully saturated rings. The summed E-state index contributed by atoms with van der Waals surface area (Å²) >= 11 is 0. The summed E-state index contributed by atoms with van der Waals surface area (Å²) in [7, 11) is 0. The van der Waals surface area contributed by atoms with Crippen molar-refractivity contribution in [3.05, 3.63) is 53.6 Å². The molecule has 0 amide bonds. The monoisotopic (exact) mass is 243 g/mol. The maximum atomic E-state index is 10.6. The second-order valence-corrected chi connectivity index (χ2v) is 3.90. The van der Waals surface area contributed by atoms with Crippen LogP contribution < -0.4 is 5.32 Å². The van der Waals surface area contributed by atoms with Gasteiger partial charge in [0.1, 0.15) is 5.69 Å². The van der Waals surface area contributed by atoms with Crippen LogP contribution in [0.2, 0.25) is 0 Å². The van der Waals surface area contributed by atoms with Crippen LogP contribution in [0.1, 0.15) is 21.7 Å². The van der Waals surface area contributed by atoms with Crippen LogP contribution in [0.5, 0.6) is 0 Å². The Balaban J connectivity index is 1.97. The molecular formula is C13H13N3O2. The fraction of sp³-hybridized carbons (Fsp3) is 0.154. The zero-order valence-corrected chi connectivity index (χ0v) is 9.92. The van der Waals surface area contributed by atoms with Gasteiger partial charge >= 0.3 is 5.97 Å². The number of carboxylic acid groups (broad SMARTS) is 1. The zero-order valence-electron chi connectivity index (χ0n) is 9.92. The number of aromatic carboxylic acids is 1. The first-order chi connectivity index (χ1) is 8.65. The Morgan fingerprint density at radius 3 is 2.61 bits per heavy atom. The van der Waals surface area contributed by atoms with Crippen molar-refractivity contribution in [1.82, 2.24) is 9.97 Å². The Morgan fingerprint density at radius 1 is 1.22 bits per heavy atom. The van der Waals surface area contributed by atoms with Crippen LogP contribution in [0.3, 0.4) is 0 Å².